The highest BCUT2D eigenvalue weighted by Crippen LogP contribution is 2.34. The SMILES string of the molecule is CC(Sc1nnc(-c2cccc(S(=O)(=O)N3CCOCC3)c2)n1Cc1ccccc1)C(=O)Nc1cc(Cl)c(Cl)cc1Cl. The van der Waals surface area contributed by atoms with Gasteiger partial charge in [0.15, 0.2) is 11.0 Å². The zero-order valence-corrected chi connectivity index (χ0v) is 26.2. The van der Waals surface area contributed by atoms with Crippen LogP contribution in [-0.4, -0.2) is 64.9 Å². The number of halogens is 3. The second-order valence-electron chi connectivity index (χ2n) is 9.42. The Bertz CT molecular complexity index is 1700. The molecule has 1 saturated heterocycles. The number of carbonyl (C=O) groups excluding carboxylic acids is 1. The minimum absolute atomic E-state index is 0.164. The van der Waals surface area contributed by atoms with Crippen molar-refractivity contribution in [3.63, 3.8) is 0 Å². The maximum Gasteiger partial charge on any atom is 0.243 e. The lowest BCUT2D eigenvalue weighted by Crippen LogP contribution is -2.40. The van der Waals surface area contributed by atoms with Crippen LogP contribution in [0.15, 0.2) is 76.8 Å². The summed E-state index contributed by atoms with van der Waals surface area (Å²) in [6.07, 6.45) is 0. The molecular formula is C28H26Cl3N5O4S2. The highest BCUT2D eigenvalue weighted by atomic mass is 35.5. The predicted octanol–water partition coefficient (Wildman–Crippen LogP) is 6.09. The van der Waals surface area contributed by atoms with Crippen LogP contribution in [-0.2, 0) is 26.1 Å². The van der Waals surface area contributed by atoms with Gasteiger partial charge in [-0.3, -0.25) is 9.36 Å². The highest BCUT2D eigenvalue weighted by molar-refractivity contribution is 8.00. The van der Waals surface area contributed by atoms with Gasteiger partial charge >= 0.3 is 0 Å². The number of nitrogens with one attached hydrogen (secondary N) is 1. The maximum atomic E-state index is 13.3. The Kier molecular flexibility index (Phi) is 9.78. The standard InChI is InChI=1S/C28H26Cl3N5O4S2/c1-18(27(37)32-25-16-23(30)22(29)15-24(25)31)41-28-34-33-26(36(28)17-19-6-3-2-4-7-19)20-8-5-9-21(14-20)42(38,39)35-10-12-40-13-11-35/h2-9,14-16,18H,10-13,17H2,1H3,(H,32,37). The van der Waals surface area contributed by atoms with Crippen LogP contribution in [0.5, 0.6) is 0 Å². The van der Waals surface area contributed by atoms with Crippen molar-refractivity contribution in [1.29, 1.82) is 0 Å². The summed E-state index contributed by atoms with van der Waals surface area (Å²) in [6, 6.07) is 19.3. The van der Waals surface area contributed by atoms with Crippen molar-refractivity contribution in [2.45, 2.75) is 28.8 Å². The van der Waals surface area contributed by atoms with E-state index in [0.29, 0.717) is 55.1 Å². The number of benzene rings is 3. The van der Waals surface area contributed by atoms with E-state index in [0.717, 1.165) is 5.56 Å². The van der Waals surface area contributed by atoms with Crippen molar-refractivity contribution in [2.24, 2.45) is 0 Å². The number of morpholine rings is 1. The molecule has 0 saturated carbocycles. The lowest BCUT2D eigenvalue weighted by Gasteiger charge is -2.26. The van der Waals surface area contributed by atoms with E-state index in [-0.39, 0.29) is 25.9 Å². The summed E-state index contributed by atoms with van der Waals surface area (Å²) in [5, 5.41) is 12.3. The van der Waals surface area contributed by atoms with Gasteiger partial charge in [0.25, 0.3) is 0 Å². The summed E-state index contributed by atoms with van der Waals surface area (Å²) in [7, 11) is -3.72. The van der Waals surface area contributed by atoms with Crippen molar-refractivity contribution >= 4 is 68.2 Å². The number of sulfonamides is 1. The van der Waals surface area contributed by atoms with Crippen molar-refractivity contribution in [1.82, 2.24) is 19.1 Å². The average molecular weight is 667 g/mol. The van der Waals surface area contributed by atoms with E-state index in [9.17, 15) is 13.2 Å². The van der Waals surface area contributed by atoms with Gasteiger partial charge in [-0.05, 0) is 36.8 Å². The minimum atomic E-state index is -3.72. The van der Waals surface area contributed by atoms with E-state index in [1.165, 1.54) is 28.2 Å². The molecule has 1 fully saturated rings. The third-order valence-electron chi connectivity index (χ3n) is 6.52. The fourth-order valence-corrected chi connectivity index (χ4v) is 7.19. The molecule has 3 aromatic carbocycles. The molecule has 1 atom stereocenters. The van der Waals surface area contributed by atoms with Crippen molar-refractivity contribution in [2.75, 3.05) is 31.6 Å². The largest absolute Gasteiger partial charge is 0.379 e. The molecular weight excluding hydrogens is 641 g/mol. The summed E-state index contributed by atoms with van der Waals surface area (Å²) < 4.78 is 35.3. The Morgan fingerprint density at radius 2 is 1.69 bits per heavy atom. The number of hydrogen-bond donors (Lipinski definition) is 1. The Hall–Kier alpha value is -2.64. The molecule has 5 rings (SSSR count). The van der Waals surface area contributed by atoms with Gasteiger partial charge in [-0.2, -0.15) is 4.31 Å². The molecule has 1 aliphatic heterocycles. The van der Waals surface area contributed by atoms with E-state index in [1.54, 1.807) is 31.2 Å². The smallest absolute Gasteiger partial charge is 0.243 e. The van der Waals surface area contributed by atoms with Crippen LogP contribution in [0.4, 0.5) is 5.69 Å². The lowest BCUT2D eigenvalue weighted by atomic mass is 10.2. The normalized spacial score (nSPS) is 15.0. The molecule has 1 aromatic heterocycles. The average Bonchev–Trinajstić information content (AvgIpc) is 3.38. The quantitative estimate of drug-likeness (QED) is 0.170. The molecule has 14 heteroatoms. The summed E-state index contributed by atoms with van der Waals surface area (Å²) in [5.74, 6) is 0.148. The molecule has 1 aliphatic rings. The van der Waals surface area contributed by atoms with Crippen molar-refractivity contribution in [3.8, 4) is 11.4 Å². The first kappa shape index (κ1) is 30.8. The monoisotopic (exact) mass is 665 g/mol. The first-order valence-corrected chi connectivity index (χ1v) is 16.4. The second kappa shape index (κ2) is 13.3. The fourth-order valence-electron chi connectivity index (χ4n) is 4.29. The van der Waals surface area contributed by atoms with Crippen LogP contribution in [0.25, 0.3) is 11.4 Å². The Labute approximate surface area is 263 Å². The number of anilines is 1. The van der Waals surface area contributed by atoms with Crippen LogP contribution >= 0.6 is 46.6 Å². The summed E-state index contributed by atoms with van der Waals surface area (Å²) >= 11 is 19.6. The number of rotatable bonds is 9. The van der Waals surface area contributed by atoms with E-state index < -0.39 is 15.3 Å². The van der Waals surface area contributed by atoms with E-state index in [1.807, 2.05) is 34.9 Å². The molecule has 0 aliphatic carbocycles. The molecule has 220 valence electrons. The van der Waals surface area contributed by atoms with Crippen molar-refractivity contribution in [3.05, 3.63) is 87.4 Å². The number of nitrogens with zero attached hydrogens (tertiary/aromatic N) is 4. The number of thioether (sulfide) groups is 1. The van der Waals surface area contributed by atoms with Crippen LogP contribution < -0.4 is 5.32 Å². The van der Waals surface area contributed by atoms with Crippen LogP contribution in [0.2, 0.25) is 15.1 Å². The van der Waals surface area contributed by atoms with Crippen LogP contribution in [0.1, 0.15) is 12.5 Å². The fraction of sp³-hybridized carbons (Fsp3) is 0.250. The van der Waals surface area contributed by atoms with Gasteiger partial charge < -0.3 is 10.1 Å². The molecule has 42 heavy (non-hydrogen) atoms. The molecule has 2 heterocycles. The van der Waals surface area contributed by atoms with Gasteiger partial charge in [-0.1, -0.05) is 89.0 Å². The first-order valence-electron chi connectivity index (χ1n) is 12.9. The zero-order valence-electron chi connectivity index (χ0n) is 22.3. The zero-order chi connectivity index (χ0) is 29.9. The molecule has 1 amide bonds. The summed E-state index contributed by atoms with van der Waals surface area (Å²) in [6.45, 7) is 3.44. The molecule has 0 spiro atoms. The van der Waals surface area contributed by atoms with E-state index in [4.69, 9.17) is 39.5 Å². The number of hydrogen-bond acceptors (Lipinski definition) is 7. The lowest BCUT2D eigenvalue weighted by molar-refractivity contribution is -0.115. The topological polar surface area (TPSA) is 106 Å². The summed E-state index contributed by atoms with van der Waals surface area (Å²) in [5.41, 5.74) is 1.91. The molecule has 9 nitrogen and oxygen atoms in total. The third kappa shape index (κ3) is 6.94. The maximum absolute atomic E-state index is 13.3. The van der Waals surface area contributed by atoms with Gasteiger partial charge in [0.2, 0.25) is 15.9 Å². The van der Waals surface area contributed by atoms with Crippen LogP contribution in [0, 0.1) is 0 Å². The Morgan fingerprint density at radius 3 is 2.43 bits per heavy atom. The number of aromatic nitrogens is 3. The third-order valence-corrected chi connectivity index (χ3v) is 10.5. The molecule has 0 radical (unpaired) electrons. The van der Waals surface area contributed by atoms with Gasteiger partial charge in [0, 0.05) is 18.7 Å². The van der Waals surface area contributed by atoms with Gasteiger partial charge in [-0.25, -0.2) is 8.42 Å². The second-order valence-corrected chi connectivity index (χ2v) is 13.9. The Balaban J connectivity index is 1.45. The Morgan fingerprint density at radius 1 is 0.976 bits per heavy atom. The number of amides is 1. The summed E-state index contributed by atoms with van der Waals surface area (Å²) in [4.78, 5) is 13.3. The molecule has 4 aromatic rings. The number of ether oxygens (including phenoxy) is 1. The van der Waals surface area contributed by atoms with E-state index >= 15 is 0 Å². The van der Waals surface area contributed by atoms with Crippen molar-refractivity contribution < 1.29 is 17.9 Å². The van der Waals surface area contributed by atoms with Gasteiger partial charge in [0.1, 0.15) is 0 Å². The molecule has 1 unspecified atom stereocenters. The van der Waals surface area contributed by atoms with E-state index in [2.05, 4.69) is 15.5 Å². The minimum Gasteiger partial charge on any atom is -0.379 e. The van der Waals surface area contributed by atoms with Gasteiger partial charge in [-0.15, -0.1) is 10.2 Å². The predicted molar refractivity (Wildman–Crippen MR) is 166 cm³/mol. The molecule has 0 bridgehead atoms. The highest BCUT2D eigenvalue weighted by Gasteiger charge is 2.28. The number of carbonyl (C=O) groups is 1. The van der Waals surface area contributed by atoms with Crippen LogP contribution in [0.3, 0.4) is 0 Å². The first-order chi connectivity index (χ1) is 20.1. The van der Waals surface area contributed by atoms with Gasteiger partial charge in [0.05, 0.1) is 50.7 Å². The molecule has 1 N–H and O–H groups in total.